The molecule has 0 bridgehead atoms. The van der Waals surface area contributed by atoms with Crippen LogP contribution in [-0.4, -0.2) is 30.4 Å². The topological polar surface area (TPSA) is 89.1 Å². The molecule has 1 atom stereocenters. The summed E-state index contributed by atoms with van der Waals surface area (Å²) in [5, 5.41) is 19.0. The van der Waals surface area contributed by atoms with Crippen molar-refractivity contribution in [2.75, 3.05) is 14.2 Å². The average molecular weight is 278 g/mol. The van der Waals surface area contributed by atoms with E-state index in [-0.39, 0.29) is 11.5 Å². The number of ether oxygens (including phenoxy) is 2. The minimum atomic E-state index is -1.18. The highest BCUT2D eigenvalue weighted by Crippen LogP contribution is 2.32. The van der Waals surface area contributed by atoms with Gasteiger partial charge in [-0.2, -0.15) is 0 Å². The van der Waals surface area contributed by atoms with E-state index in [2.05, 4.69) is 0 Å². The molecule has 106 valence electrons. The molecule has 1 aromatic carbocycles. The van der Waals surface area contributed by atoms with Gasteiger partial charge in [-0.25, -0.2) is 4.79 Å². The van der Waals surface area contributed by atoms with Crippen LogP contribution in [0.15, 0.2) is 34.7 Å². The fraction of sp³-hybridized carbons (Fsp3) is 0.214. The predicted octanol–water partition coefficient (Wildman–Crippen LogP) is 2.08. The first-order chi connectivity index (χ1) is 9.56. The summed E-state index contributed by atoms with van der Waals surface area (Å²) in [7, 11) is 3.00. The Hall–Kier alpha value is -2.47. The quantitative estimate of drug-likeness (QED) is 0.870. The Labute approximate surface area is 115 Å². The largest absolute Gasteiger partial charge is 0.493 e. The van der Waals surface area contributed by atoms with Crippen molar-refractivity contribution in [2.45, 2.75) is 6.10 Å². The first-order valence-electron chi connectivity index (χ1n) is 5.79. The number of aromatic carboxylic acids is 1. The van der Waals surface area contributed by atoms with Gasteiger partial charge in [-0.05, 0) is 29.8 Å². The molecule has 2 N–H and O–H groups in total. The third-order valence-corrected chi connectivity index (χ3v) is 2.83. The Morgan fingerprint density at radius 1 is 1.15 bits per heavy atom. The van der Waals surface area contributed by atoms with E-state index in [4.69, 9.17) is 19.0 Å². The maximum absolute atomic E-state index is 10.7. The van der Waals surface area contributed by atoms with E-state index in [0.717, 1.165) is 0 Å². The molecule has 1 heterocycles. The summed E-state index contributed by atoms with van der Waals surface area (Å²) < 4.78 is 15.3. The molecule has 2 rings (SSSR count). The lowest BCUT2D eigenvalue weighted by atomic mass is 10.1. The first-order valence-corrected chi connectivity index (χ1v) is 5.79. The lowest BCUT2D eigenvalue weighted by Gasteiger charge is -2.12. The molecule has 0 saturated carbocycles. The highest BCUT2D eigenvalue weighted by Gasteiger charge is 2.19. The van der Waals surface area contributed by atoms with E-state index in [1.165, 1.54) is 26.4 Å². The minimum absolute atomic E-state index is 0.148. The van der Waals surface area contributed by atoms with Crippen LogP contribution in [0.25, 0.3) is 0 Å². The van der Waals surface area contributed by atoms with Crippen LogP contribution < -0.4 is 9.47 Å². The zero-order valence-corrected chi connectivity index (χ0v) is 11.0. The number of hydrogen-bond acceptors (Lipinski definition) is 5. The van der Waals surface area contributed by atoms with Crippen LogP contribution in [0.2, 0.25) is 0 Å². The lowest BCUT2D eigenvalue weighted by molar-refractivity contribution is 0.0655. The number of methoxy groups -OCH3 is 2. The van der Waals surface area contributed by atoms with E-state index in [1.807, 2.05) is 0 Å². The standard InChI is InChI=1S/C14H14O6/c1-18-9-4-3-8(7-12(9)19-2)13(15)10-5-6-11(20-10)14(16)17/h3-7,13,15H,1-2H3,(H,16,17). The van der Waals surface area contributed by atoms with E-state index in [0.29, 0.717) is 17.1 Å². The number of benzene rings is 1. The molecule has 6 nitrogen and oxygen atoms in total. The fourth-order valence-electron chi connectivity index (χ4n) is 1.80. The maximum atomic E-state index is 10.7. The lowest BCUT2D eigenvalue weighted by Crippen LogP contribution is -2.00. The molecule has 0 amide bonds. The van der Waals surface area contributed by atoms with Gasteiger partial charge in [0.1, 0.15) is 11.9 Å². The van der Waals surface area contributed by atoms with Crippen LogP contribution in [0.5, 0.6) is 11.5 Å². The van der Waals surface area contributed by atoms with E-state index in [1.54, 1.807) is 18.2 Å². The van der Waals surface area contributed by atoms with E-state index < -0.39 is 12.1 Å². The van der Waals surface area contributed by atoms with Gasteiger partial charge in [0.25, 0.3) is 0 Å². The van der Waals surface area contributed by atoms with Crippen LogP contribution in [0, 0.1) is 0 Å². The first kappa shape index (κ1) is 14.0. The van der Waals surface area contributed by atoms with Crippen LogP contribution in [0.3, 0.4) is 0 Å². The second-order valence-electron chi connectivity index (χ2n) is 4.02. The van der Waals surface area contributed by atoms with Crippen molar-refractivity contribution >= 4 is 5.97 Å². The Morgan fingerprint density at radius 3 is 2.40 bits per heavy atom. The maximum Gasteiger partial charge on any atom is 0.371 e. The Morgan fingerprint density at radius 2 is 1.85 bits per heavy atom. The third-order valence-electron chi connectivity index (χ3n) is 2.83. The van der Waals surface area contributed by atoms with Gasteiger partial charge in [0.05, 0.1) is 14.2 Å². The van der Waals surface area contributed by atoms with E-state index >= 15 is 0 Å². The van der Waals surface area contributed by atoms with Crippen molar-refractivity contribution in [1.29, 1.82) is 0 Å². The summed E-state index contributed by atoms with van der Waals surface area (Å²) in [6, 6.07) is 7.62. The van der Waals surface area contributed by atoms with E-state index in [9.17, 15) is 9.90 Å². The van der Waals surface area contributed by atoms with Crippen LogP contribution in [0.1, 0.15) is 28.0 Å². The second-order valence-corrected chi connectivity index (χ2v) is 4.02. The van der Waals surface area contributed by atoms with Gasteiger partial charge in [0.2, 0.25) is 5.76 Å². The highest BCUT2D eigenvalue weighted by molar-refractivity contribution is 5.84. The van der Waals surface area contributed by atoms with Crippen LogP contribution in [-0.2, 0) is 0 Å². The summed E-state index contributed by atoms with van der Waals surface area (Å²) in [4.78, 5) is 10.7. The fourth-order valence-corrected chi connectivity index (χ4v) is 1.80. The molecule has 6 heteroatoms. The average Bonchev–Trinajstić information content (AvgIpc) is 2.95. The number of hydrogen-bond donors (Lipinski definition) is 2. The smallest absolute Gasteiger partial charge is 0.371 e. The molecule has 0 radical (unpaired) electrons. The molecule has 0 aliphatic carbocycles. The van der Waals surface area contributed by atoms with Crippen molar-refractivity contribution in [3.63, 3.8) is 0 Å². The molecule has 0 aliphatic heterocycles. The molecule has 0 aliphatic rings. The highest BCUT2D eigenvalue weighted by atomic mass is 16.5. The minimum Gasteiger partial charge on any atom is -0.493 e. The number of aliphatic hydroxyl groups excluding tert-OH is 1. The Kier molecular flexibility index (Phi) is 3.95. The van der Waals surface area contributed by atoms with Gasteiger partial charge >= 0.3 is 5.97 Å². The number of furan rings is 1. The molecular weight excluding hydrogens is 264 g/mol. The zero-order valence-electron chi connectivity index (χ0n) is 11.0. The molecule has 1 unspecified atom stereocenters. The van der Waals surface area contributed by atoms with Crippen molar-refractivity contribution in [2.24, 2.45) is 0 Å². The van der Waals surface area contributed by atoms with Gasteiger partial charge in [-0.15, -0.1) is 0 Å². The second kappa shape index (κ2) is 5.66. The van der Waals surface area contributed by atoms with Gasteiger partial charge < -0.3 is 24.1 Å². The molecule has 20 heavy (non-hydrogen) atoms. The summed E-state index contributed by atoms with van der Waals surface area (Å²) in [6.45, 7) is 0. The van der Waals surface area contributed by atoms with Gasteiger partial charge in [-0.3, -0.25) is 0 Å². The van der Waals surface area contributed by atoms with Gasteiger partial charge in [0, 0.05) is 0 Å². The number of rotatable bonds is 5. The summed E-state index contributed by atoms with van der Waals surface area (Å²) in [5.41, 5.74) is 0.508. The SMILES string of the molecule is COc1ccc(C(O)c2ccc(C(=O)O)o2)cc1OC. The molecule has 1 aromatic heterocycles. The van der Waals surface area contributed by atoms with Crippen molar-refractivity contribution in [3.8, 4) is 11.5 Å². The zero-order chi connectivity index (χ0) is 14.7. The van der Waals surface area contributed by atoms with Crippen molar-refractivity contribution in [3.05, 3.63) is 47.4 Å². The molecule has 0 saturated heterocycles. The molecule has 0 spiro atoms. The Balaban J connectivity index is 2.32. The summed E-state index contributed by atoms with van der Waals surface area (Å²) in [5.74, 6) is -0.256. The normalized spacial score (nSPS) is 11.9. The predicted molar refractivity (Wildman–Crippen MR) is 69.3 cm³/mol. The summed E-state index contributed by atoms with van der Waals surface area (Å²) >= 11 is 0. The van der Waals surface area contributed by atoms with Crippen molar-refractivity contribution < 1.29 is 28.9 Å². The molecular formula is C14H14O6. The monoisotopic (exact) mass is 278 g/mol. The molecule has 2 aromatic rings. The number of carbonyl (C=O) groups is 1. The van der Waals surface area contributed by atoms with Crippen LogP contribution in [0.4, 0.5) is 0 Å². The number of aliphatic hydroxyl groups is 1. The summed E-state index contributed by atoms with van der Waals surface area (Å²) in [6.07, 6.45) is -1.08. The van der Waals surface area contributed by atoms with Crippen LogP contribution >= 0.6 is 0 Å². The van der Waals surface area contributed by atoms with Gasteiger partial charge in [-0.1, -0.05) is 6.07 Å². The van der Waals surface area contributed by atoms with Crippen molar-refractivity contribution in [1.82, 2.24) is 0 Å². The number of carboxylic acid groups (broad SMARTS) is 1. The van der Waals surface area contributed by atoms with Gasteiger partial charge in [0.15, 0.2) is 11.5 Å². The third kappa shape index (κ3) is 2.60. The number of carboxylic acids is 1. The molecule has 0 fully saturated rings. The Bertz CT molecular complexity index is 616.